The van der Waals surface area contributed by atoms with Gasteiger partial charge in [0.25, 0.3) is 11.8 Å². The summed E-state index contributed by atoms with van der Waals surface area (Å²) in [5.41, 5.74) is -1.31. The van der Waals surface area contributed by atoms with Gasteiger partial charge in [-0.2, -0.15) is 13.2 Å². The van der Waals surface area contributed by atoms with Gasteiger partial charge in [-0.15, -0.1) is 0 Å². The number of ether oxygens (including phenoxy) is 1. The van der Waals surface area contributed by atoms with Gasteiger partial charge in [0.1, 0.15) is 17.4 Å². The zero-order valence-corrected chi connectivity index (χ0v) is 24.7. The second kappa shape index (κ2) is 13.4. The molecule has 236 valence electrons. The van der Waals surface area contributed by atoms with Gasteiger partial charge in [-0.3, -0.25) is 14.4 Å². The number of rotatable bonds is 10. The second-order valence-corrected chi connectivity index (χ2v) is 10.3. The summed E-state index contributed by atoms with van der Waals surface area (Å²) in [5.74, 6) is -5.68. The number of Topliss-reactive ketones (excluding diaryl/α,β-unsaturated/α-hetero) is 1. The van der Waals surface area contributed by atoms with E-state index in [0.717, 1.165) is 12.1 Å². The Kier molecular flexibility index (Phi) is 9.86. The third-order valence-corrected chi connectivity index (χ3v) is 6.95. The largest absolute Gasteiger partial charge is 0.481 e. The van der Waals surface area contributed by atoms with Gasteiger partial charge in [0.05, 0.1) is 24.9 Å². The standard InChI is InChI=1S/C30H25ClF5N5O4/c1-15(42)14-41-25(16(2)22-11-20(32)5-6-23(22)31)26(40-28(43)18-8-19(30(34,35)36)10-21(33)9-18)39-27(41)29(44)38-13-17-4-7-24(45-3)37-12-17/h4-12,16H,13-14H2,1-3H3,(H,38,44)(H,40,43)/t16-/m0/s1. The number of nitrogens with one attached hydrogen (secondary N) is 2. The molecule has 0 fully saturated rings. The van der Waals surface area contributed by atoms with Crippen LogP contribution in [0.4, 0.5) is 27.8 Å². The maximum atomic E-state index is 14.3. The third-order valence-electron chi connectivity index (χ3n) is 6.60. The van der Waals surface area contributed by atoms with Crippen LogP contribution in [0.5, 0.6) is 5.88 Å². The molecular weight excluding hydrogens is 625 g/mol. The molecule has 4 aromatic rings. The number of aromatic nitrogens is 3. The quantitative estimate of drug-likeness (QED) is 0.199. The molecule has 0 saturated heterocycles. The van der Waals surface area contributed by atoms with E-state index in [0.29, 0.717) is 23.6 Å². The van der Waals surface area contributed by atoms with Crippen molar-refractivity contribution >= 4 is 35.0 Å². The first-order valence-electron chi connectivity index (χ1n) is 13.2. The van der Waals surface area contributed by atoms with Crippen LogP contribution in [-0.4, -0.2) is 39.2 Å². The van der Waals surface area contributed by atoms with E-state index in [-0.39, 0.29) is 40.5 Å². The number of carbonyl (C=O) groups is 3. The van der Waals surface area contributed by atoms with E-state index in [9.17, 15) is 36.3 Å². The number of anilines is 1. The Morgan fingerprint density at radius 1 is 1.02 bits per heavy atom. The summed E-state index contributed by atoms with van der Waals surface area (Å²) in [6.07, 6.45) is -3.49. The number of nitrogens with zero attached hydrogens (tertiary/aromatic N) is 3. The molecule has 4 rings (SSSR count). The lowest BCUT2D eigenvalue weighted by Crippen LogP contribution is -2.28. The topological polar surface area (TPSA) is 115 Å². The highest BCUT2D eigenvalue weighted by atomic mass is 35.5. The van der Waals surface area contributed by atoms with Gasteiger partial charge in [0.2, 0.25) is 11.7 Å². The fraction of sp³-hybridized carbons (Fsp3) is 0.233. The van der Waals surface area contributed by atoms with Crippen LogP contribution in [0.2, 0.25) is 5.02 Å². The minimum atomic E-state index is -4.95. The molecule has 0 unspecified atom stereocenters. The van der Waals surface area contributed by atoms with Crippen LogP contribution < -0.4 is 15.4 Å². The molecule has 2 heterocycles. The second-order valence-electron chi connectivity index (χ2n) is 9.92. The van der Waals surface area contributed by atoms with Gasteiger partial charge in [-0.1, -0.05) is 24.6 Å². The Bertz CT molecular complexity index is 1760. The van der Waals surface area contributed by atoms with Crippen LogP contribution >= 0.6 is 11.6 Å². The number of methoxy groups -OCH3 is 1. The highest BCUT2D eigenvalue weighted by Crippen LogP contribution is 2.36. The zero-order chi connectivity index (χ0) is 33.1. The van der Waals surface area contributed by atoms with Crippen LogP contribution in [-0.2, 0) is 24.1 Å². The summed E-state index contributed by atoms with van der Waals surface area (Å²) < 4.78 is 74.5. The number of alkyl halides is 3. The summed E-state index contributed by atoms with van der Waals surface area (Å²) in [4.78, 5) is 47.3. The molecule has 0 aliphatic carbocycles. The van der Waals surface area contributed by atoms with E-state index in [1.54, 1.807) is 19.1 Å². The molecule has 2 amide bonds. The van der Waals surface area contributed by atoms with E-state index >= 15 is 0 Å². The first-order chi connectivity index (χ1) is 21.2. The molecule has 2 aromatic carbocycles. The summed E-state index contributed by atoms with van der Waals surface area (Å²) in [5, 5.41) is 5.08. The maximum absolute atomic E-state index is 14.3. The number of imidazole rings is 1. The monoisotopic (exact) mass is 649 g/mol. The number of halogens is 6. The van der Waals surface area contributed by atoms with Crippen LogP contribution in [0.25, 0.3) is 0 Å². The fourth-order valence-electron chi connectivity index (χ4n) is 4.51. The lowest BCUT2D eigenvalue weighted by atomic mass is 9.96. The smallest absolute Gasteiger partial charge is 0.416 e. The molecule has 2 aromatic heterocycles. The molecule has 0 aliphatic heterocycles. The van der Waals surface area contributed by atoms with E-state index in [1.807, 2.05) is 0 Å². The van der Waals surface area contributed by atoms with Crippen molar-refractivity contribution in [3.63, 3.8) is 0 Å². The average Bonchev–Trinajstić information content (AvgIpc) is 3.32. The van der Waals surface area contributed by atoms with Gasteiger partial charge >= 0.3 is 6.18 Å². The molecule has 1 atom stereocenters. The van der Waals surface area contributed by atoms with Gasteiger partial charge in [0, 0.05) is 35.3 Å². The number of carbonyl (C=O) groups excluding carboxylic acids is 3. The molecule has 2 N–H and O–H groups in total. The van der Waals surface area contributed by atoms with Crippen LogP contribution in [0.15, 0.2) is 54.7 Å². The predicted molar refractivity (Wildman–Crippen MR) is 153 cm³/mol. The van der Waals surface area contributed by atoms with Crippen molar-refractivity contribution < 1.29 is 41.1 Å². The van der Waals surface area contributed by atoms with Crippen molar-refractivity contribution in [2.75, 3.05) is 12.4 Å². The Morgan fingerprint density at radius 2 is 1.76 bits per heavy atom. The number of benzene rings is 2. The highest BCUT2D eigenvalue weighted by molar-refractivity contribution is 6.31. The molecule has 9 nitrogen and oxygen atoms in total. The highest BCUT2D eigenvalue weighted by Gasteiger charge is 2.33. The normalized spacial score (nSPS) is 12.0. The third kappa shape index (κ3) is 7.81. The van der Waals surface area contributed by atoms with Gasteiger partial charge < -0.3 is 19.9 Å². The summed E-state index contributed by atoms with van der Waals surface area (Å²) >= 11 is 6.35. The van der Waals surface area contributed by atoms with Crippen LogP contribution in [0, 0.1) is 11.6 Å². The van der Waals surface area contributed by atoms with Crippen LogP contribution in [0.3, 0.4) is 0 Å². The number of hydrogen-bond donors (Lipinski definition) is 2. The lowest BCUT2D eigenvalue weighted by Gasteiger charge is -2.19. The molecule has 0 spiro atoms. The van der Waals surface area contributed by atoms with Crippen molar-refractivity contribution in [3.8, 4) is 5.88 Å². The lowest BCUT2D eigenvalue weighted by molar-refractivity contribution is -0.137. The molecule has 0 bridgehead atoms. The Morgan fingerprint density at radius 3 is 2.38 bits per heavy atom. The molecule has 0 radical (unpaired) electrons. The average molecular weight is 650 g/mol. The van der Waals surface area contributed by atoms with Crippen molar-refractivity contribution in [1.82, 2.24) is 19.9 Å². The van der Waals surface area contributed by atoms with E-state index in [1.165, 1.54) is 30.9 Å². The van der Waals surface area contributed by atoms with E-state index in [2.05, 4.69) is 20.6 Å². The number of hydrogen-bond acceptors (Lipinski definition) is 6. The van der Waals surface area contributed by atoms with Crippen molar-refractivity contribution in [3.05, 3.63) is 105 Å². The Hall–Kier alpha value is -4.85. The fourth-order valence-corrected chi connectivity index (χ4v) is 4.79. The van der Waals surface area contributed by atoms with Gasteiger partial charge in [-0.05, 0) is 54.4 Å². The molecule has 45 heavy (non-hydrogen) atoms. The zero-order valence-electron chi connectivity index (χ0n) is 23.9. The summed E-state index contributed by atoms with van der Waals surface area (Å²) in [6, 6.07) is 8.02. The van der Waals surface area contributed by atoms with Crippen molar-refractivity contribution in [1.29, 1.82) is 0 Å². The Balaban J connectivity index is 1.81. The number of amides is 2. The maximum Gasteiger partial charge on any atom is 0.416 e. The first kappa shape index (κ1) is 33.1. The van der Waals surface area contributed by atoms with E-state index < -0.39 is 59.0 Å². The molecule has 15 heteroatoms. The number of ketones is 1. The first-order valence-corrected chi connectivity index (χ1v) is 13.6. The SMILES string of the molecule is COc1ccc(CNC(=O)c2nc(NC(=O)c3cc(F)cc(C(F)(F)F)c3)c([C@@H](C)c3cc(F)ccc3Cl)n2CC(C)=O)cn1. The van der Waals surface area contributed by atoms with Gasteiger partial charge in [-0.25, -0.2) is 18.7 Å². The van der Waals surface area contributed by atoms with Crippen molar-refractivity contribution in [2.45, 2.75) is 39.0 Å². The minimum absolute atomic E-state index is 0.00904. The van der Waals surface area contributed by atoms with E-state index in [4.69, 9.17) is 16.3 Å². The van der Waals surface area contributed by atoms with Gasteiger partial charge in [0.15, 0.2) is 5.82 Å². The summed E-state index contributed by atoms with van der Waals surface area (Å²) in [6.45, 7) is 2.31. The Labute approximate surface area is 258 Å². The molecule has 0 aliphatic rings. The van der Waals surface area contributed by atoms with Crippen LogP contribution in [0.1, 0.15) is 63.1 Å². The van der Waals surface area contributed by atoms with Crippen molar-refractivity contribution in [2.24, 2.45) is 0 Å². The minimum Gasteiger partial charge on any atom is -0.481 e. The molecule has 0 saturated carbocycles. The molecular formula is C30H25ClF5N5O4. The number of pyridine rings is 1. The summed E-state index contributed by atoms with van der Waals surface area (Å²) in [7, 11) is 1.44. The predicted octanol–water partition coefficient (Wildman–Crippen LogP) is 6.16.